The average molecular weight is 521 g/mol. The molecule has 1 aliphatic rings. The highest BCUT2D eigenvalue weighted by Gasteiger charge is 2.40. The van der Waals surface area contributed by atoms with Gasteiger partial charge in [-0.1, -0.05) is 94.8 Å². The molecule has 6 rings (SSSR count). The maximum Gasteiger partial charge on any atom is 0.255 e. The van der Waals surface area contributed by atoms with Crippen molar-refractivity contribution in [2.75, 3.05) is 6.54 Å². The van der Waals surface area contributed by atoms with Gasteiger partial charge in [-0.15, -0.1) is 0 Å². The Morgan fingerprint density at radius 2 is 1.49 bits per heavy atom. The Morgan fingerprint density at radius 3 is 2.29 bits per heavy atom. The maximum absolute atomic E-state index is 13.7. The predicted octanol–water partition coefficient (Wildman–Crippen LogP) is 7.40. The second-order valence-electron chi connectivity index (χ2n) is 9.07. The molecule has 0 saturated heterocycles. The third-order valence-corrected chi connectivity index (χ3v) is 7.61. The van der Waals surface area contributed by atoms with Crippen molar-refractivity contribution in [1.82, 2.24) is 9.47 Å². The molecule has 172 valence electrons. The summed E-state index contributed by atoms with van der Waals surface area (Å²) in [5.41, 5.74) is 7.78. The lowest BCUT2D eigenvalue weighted by Crippen LogP contribution is -2.31. The normalized spacial score (nSPS) is 15.1. The molecule has 0 unspecified atom stereocenters. The van der Waals surface area contributed by atoms with Crippen molar-refractivity contribution >= 4 is 32.7 Å². The van der Waals surface area contributed by atoms with E-state index in [1.165, 1.54) is 22.0 Å². The summed E-state index contributed by atoms with van der Waals surface area (Å²) in [7, 11) is 2.13. The fourth-order valence-corrected chi connectivity index (χ4v) is 5.73. The second-order valence-corrected chi connectivity index (χ2v) is 9.98. The van der Waals surface area contributed by atoms with Gasteiger partial charge in [0, 0.05) is 40.1 Å². The van der Waals surface area contributed by atoms with Crippen LogP contribution in [0.3, 0.4) is 0 Å². The van der Waals surface area contributed by atoms with E-state index < -0.39 is 0 Å². The molecule has 5 aromatic rings. The molecule has 0 radical (unpaired) electrons. The lowest BCUT2D eigenvalue weighted by atomic mass is 9.93. The van der Waals surface area contributed by atoms with Gasteiger partial charge >= 0.3 is 0 Å². The van der Waals surface area contributed by atoms with Crippen LogP contribution >= 0.6 is 15.9 Å². The number of benzene rings is 4. The smallest absolute Gasteiger partial charge is 0.255 e. The van der Waals surface area contributed by atoms with E-state index in [0.29, 0.717) is 6.54 Å². The average Bonchev–Trinajstić information content (AvgIpc) is 3.34. The quantitative estimate of drug-likeness (QED) is 0.237. The molecule has 0 spiro atoms. The monoisotopic (exact) mass is 520 g/mol. The van der Waals surface area contributed by atoms with Crippen molar-refractivity contribution < 1.29 is 4.79 Å². The van der Waals surface area contributed by atoms with Gasteiger partial charge in [-0.2, -0.15) is 0 Å². The molecule has 1 aromatic heterocycles. The highest BCUT2D eigenvalue weighted by molar-refractivity contribution is 9.10. The number of hydrogen-bond acceptors (Lipinski definition) is 1. The number of amides is 1. The minimum absolute atomic E-state index is 0.108. The van der Waals surface area contributed by atoms with Crippen molar-refractivity contribution in [2.45, 2.75) is 12.5 Å². The molecular weight excluding hydrogens is 496 g/mol. The Labute approximate surface area is 213 Å². The topological polar surface area (TPSA) is 25.2 Å². The van der Waals surface area contributed by atoms with Crippen LogP contribution in [0.2, 0.25) is 0 Å². The number of carbonyl (C=O) groups excluding carboxylic acids is 1. The van der Waals surface area contributed by atoms with Gasteiger partial charge in [-0.05, 0) is 47.4 Å². The van der Waals surface area contributed by atoms with Crippen molar-refractivity contribution in [2.24, 2.45) is 7.05 Å². The van der Waals surface area contributed by atoms with Crippen molar-refractivity contribution in [3.05, 3.63) is 130 Å². The van der Waals surface area contributed by atoms with Crippen LogP contribution in [0, 0.1) is 0 Å². The first-order chi connectivity index (χ1) is 17.1. The summed E-state index contributed by atoms with van der Waals surface area (Å²) < 4.78 is 3.32. The molecular formula is C31H25BrN2O. The predicted molar refractivity (Wildman–Crippen MR) is 146 cm³/mol. The molecule has 0 aliphatic carbocycles. The van der Waals surface area contributed by atoms with Gasteiger partial charge in [0.1, 0.15) is 0 Å². The second kappa shape index (κ2) is 8.86. The van der Waals surface area contributed by atoms with Crippen LogP contribution in [-0.4, -0.2) is 21.9 Å². The molecule has 2 heterocycles. The summed E-state index contributed by atoms with van der Waals surface area (Å²) in [4.78, 5) is 15.8. The van der Waals surface area contributed by atoms with Gasteiger partial charge in [0.15, 0.2) is 0 Å². The van der Waals surface area contributed by atoms with E-state index in [1.807, 2.05) is 24.3 Å². The number of nitrogens with zero attached hydrogens (tertiary/aromatic N) is 2. The van der Waals surface area contributed by atoms with Crippen LogP contribution in [0.15, 0.2) is 108 Å². The van der Waals surface area contributed by atoms with E-state index >= 15 is 0 Å². The zero-order chi connectivity index (χ0) is 23.9. The first-order valence-electron chi connectivity index (χ1n) is 11.9. The van der Waals surface area contributed by atoms with Crippen LogP contribution in [-0.2, 0) is 13.5 Å². The molecule has 3 nitrogen and oxygen atoms in total. The van der Waals surface area contributed by atoms with Crippen LogP contribution in [0.4, 0.5) is 0 Å². The van der Waals surface area contributed by atoms with Crippen LogP contribution in [0.25, 0.3) is 22.2 Å². The van der Waals surface area contributed by atoms with Crippen molar-refractivity contribution in [3.63, 3.8) is 0 Å². The van der Waals surface area contributed by atoms with Crippen LogP contribution in [0.5, 0.6) is 0 Å². The Balaban J connectivity index is 1.56. The van der Waals surface area contributed by atoms with Gasteiger partial charge in [0.05, 0.1) is 11.7 Å². The van der Waals surface area contributed by atoms with E-state index in [2.05, 4.69) is 111 Å². The number of aryl methyl sites for hydroxylation is 1. The summed E-state index contributed by atoms with van der Waals surface area (Å²) in [6.07, 6.45) is 0.815. The Morgan fingerprint density at radius 1 is 0.800 bits per heavy atom. The molecule has 4 heteroatoms. The molecule has 1 amide bonds. The zero-order valence-electron chi connectivity index (χ0n) is 19.5. The van der Waals surface area contributed by atoms with Gasteiger partial charge in [-0.25, -0.2) is 0 Å². The fraction of sp³-hybridized carbons (Fsp3) is 0.129. The zero-order valence-corrected chi connectivity index (χ0v) is 21.1. The van der Waals surface area contributed by atoms with Gasteiger partial charge in [0.25, 0.3) is 5.91 Å². The summed E-state index contributed by atoms with van der Waals surface area (Å²) in [5, 5.41) is 1.19. The summed E-state index contributed by atoms with van der Waals surface area (Å²) in [6, 6.07) is 35.4. The van der Waals surface area contributed by atoms with E-state index in [0.717, 1.165) is 33.3 Å². The molecule has 0 bridgehead atoms. The van der Waals surface area contributed by atoms with Crippen LogP contribution in [0.1, 0.15) is 33.1 Å². The number of rotatable bonds is 5. The molecule has 0 N–H and O–H groups in total. The minimum atomic E-state index is -0.146. The van der Waals surface area contributed by atoms with Gasteiger partial charge in [0.2, 0.25) is 0 Å². The van der Waals surface area contributed by atoms with Gasteiger partial charge < -0.3 is 9.47 Å². The lowest BCUT2D eigenvalue weighted by molar-refractivity contribution is 0.0753. The Hall–Kier alpha value is -3.63. The standard InChI is InChI=1S/C31H25BrN2O/c1-33-27-14-8-7-13-26(27)28(29(33)22-15-17-23(32)18-16-22)30-24-11-5-6-12-25(24)31(35)34(30)20-19-21-9-3-2-4-10-21/h2-18,30H,19-20H2,1H3/t30-/m0/s1. The van der Waals surface area contributed by atoms with Crippen LogP contribution < -0.4 is 0 Å². The third-order valence-electron chi connectivity index (χ3n) is 7.08. The van der Waals surface area contributed by atoms with E-state index in [9.17, 15) is 4.79 Å². The third kappa shape index (κ3) is 3.69. The summed E-state index contributed by atoms with van der Waals surface area (Å²) >= 11 is 3.58. The highest BCUT2D eigenvalue weighted by atomic mass is 79.9. The van der Waals surface area contributed by atoms with E-state index in [1.54, 1.807) is 0 Å². The SMILES string of the molecule is Cn1c(-c2ccc(Br)cc2)c([C@@H]2c3ccccc3C(=O)N2CCc2ccccc2)c2ccccc21. The highest BCUT2D eigenvalue weighted by Crippen LogP contribution is 2.46. The molecule has 35 heavy (non-hydrogen) atoms. The molecule has 1 atom stereocenters. The number of hydrogen-bond donors (Lipinski definition) is 0. The molecule has 1 aliphatic heterocycles. The summed E-state index contributed by atoms with van der Waals surface area (Å²) in [6.45, 7) is 0.658. The van der Waals surface area contributed by atoms with Crippen molar-refractivity contribution in [1.29, 1.82) is 0 Å². The Bertz CT molecular complexity index is 1540. The molecule has 4 aromatic carbocycles. The number of carbonyl (C=O) groups is 1. The molecule has 0 saturated carbocycles. The largest absolute Gasteiger partial charge is 0.343 e. The van der Waals surface area contributed by atoms with E-state index in [-0.39, 0.29) is 11.9 Å². The summed E-state index contributed by atoms with van der Waals surface area (Å²) in [5.74, 6) is 0.108. The number of para-hydroxylation sites is 1. The van der Waals surface area contributed by atoms with Gasteiger partial charge in [-0.3, -0.25) is 4.79 Å². The lowest BCUT2D eigenvalue weighted by Gasteiger charge is -2.27. The van der Waals surface area contributed by atoms with E-state index in [4.69, 9.17) is 0 Å². The molecule has 0 fully saturated rings. The maximum atomic E-state index is 13.7. The number of fused-ring (bicyclic) bond motifs is 2. The first kappa shape index (κ1) is 21.9. The Kier molecular flexibility index (Phi) is 5.54. The number of aromatic nitrogens is 1. The minimum Gasteiger partial charge on any atom is -0.343 e. The van der Waals surface area contributed by atoms with Crippen molar-refractivity contribution in [3.8, 4) is 11.3 Å². The fourth-order valence-electron chi connectivity index (χ4n) is 5.46. The number of halogens is 1. The first-order valence-corrected chi connectivity index (χ1v) is 12.7.